The zero-order chi connectivity index (χ0) is 16.2. The Morgan fingerprint density at radius 3 is 2.14 bits per heavy atom. The summed E-state index contributed by atoms with van der Waals surface area (Å²) in [6.45, 7) is 4.69. The van der Waals surface area contributed by atoms with Crippen molar-refractivity contribution in [3.8, 4) is 11.1 Å². The van der Waals surface area contributed by atoms with Crippen molar-refractivity contribution >= 4 is 23.2 Å². The van der Waals surface area contributed by atoms with Gasteiger partial charge in [-0.15, -0.1) is 0 Å². The van der Waals surface area contributed by atoms with E-state index in [9.17, 15) is 9.90 Å². The highest BCUT2D eigenvalue weighted by molar-refractivity contribution is 6.33. The molecule has 22 heavy (non-hydrogen) atoms. The lowest BCUT2D eigenvalue weighted by Gasteiger charge is -2.32. The van der Waals surface area contributed by atoms with E-state index in [1.54, 1.807) is 0 Å². The Morgan fingerprint density at radius 1 is 1.05 bits per heavy atom. The Labute approximate surface area is 136 Å². The molecule has 0 aliphatic rings. The van der Waals surface area contributed by atoms with Gasteiger partial charge in [0.15, 0.2) is 6.61 Å². The van der Waals surface area contributed by atoms with Crippen molar-refractivity contribution < 1.29 is 9.90 Å². The summed E-state index contributed by atoms with van der Waals surface area (Å²) in [4.78, 5) is 12.2. The van der Waals surface area contributed by atoms with Gasteiger partial charge in [0.05, 0.1) is 13.1 Å². The first-order valence-corrected chi connectivity index (χ1v) is 7.83. The molecule has 0 radical (unpaired) electrons. The number of halogens is 1. The molecule has 0 aliphatic carbocycles. The van der Waals surface area contributed by atoms with Gasteiger partial charge < -0.3 is 5.11 Å². The minimum Gasteiger partial charge on any atom is -0.382 e. The molecule has 0 bridgehead atoms. The van der Waals surface area contributed by atoms with Gasteiger partial charge in [0.1, 0.15) is 5.69 Å². The van der Waals surface area contributed by atoms with Crippen LogP contribution in [0.15, 0.2) is 48.5 Å². The fourth-order valence-electron chi connectivity index (χ4n) is 2.84. The van der Waals surface area contributed by atoms with E-state index in [2.05, 4.69) is 0 Å². The molecule has 0 fully saturated rings. The summed E-state index contributed by atoms with van der Waals surface area (Å²) in [5.41, 5.74) is 2.87. The van der Waals surface area contributed by atoms with E-state index in [0.717, 1.165) is 16.8 Å². The van der Waals surface area contributed by atoms with Crippen molar-refractivity contribution in [1.82, 2.24) is 4.48 Å². The van der Waals surface area contributed by atoms with E-state index in [1.165, 1.54) is 0 Å². The van der Waals surface area contributed by atoms with E-state index in [0.29, 0.717) is 18.1 Å². The van der Waals surface area contributed by atoms with Crippen LogP contribution in [0, 0.1) is 0 Å². The summed E-state index contributed by atoms with van der Waals surface area (Å²) < 4.78 is 0.152. The van der Waals surface area contributed by atoms with Crippen LogP contribution in [-0.2, 0) is 4.79 Å². The maximum Gasteiger partial charge on any atom is 0.344 e. The summed E-state index contributed by atoms with van der Waals surface area (Å²) in [5, 5.41) is 9.98. The fraction of sp³-hybridized carbons (Fsp3) is 0.278. The van der Waals surface area contributed by atoms with E-state index < -0.39 is 6.61 Å². The Balaban J connectivity index is 2.43. The normalized spacial score (nSPS) is 11.5. The highest BCUT2D eigenvalue weighted by Gasteiger charge is 2.35. The predicted octanol–water partition coefficient (Wildman–Crippen LogP) is 3.87. The van der Waals surface area contributed by atoms with Crippen molar-refractivity contribution in [2.45, 2.75) is 13.8 Å². The second-order valence-electron chi connectivity index (χ2n) is 5.18. The lowest BCUT2D eigenvalue weighted by atomic mass is 10.0. The van der Waals surface area contributed by atoms with Crippen molar-refractivity contribution in [2.24, 2.45) is 0 Å². The standard InChI is InChI=1S/C18H21ClNO2/c1-3-20(4-2,18(22)13-21)15-11-9-14(10-12-15)16-7-5-6-8-17(16)19/h5-12,21H,3-4,13H2,1-2H3/q+1. The van der Waals surface area contributed by atoms with Gasteiger partial charge in [-0.05, 0) is 37.6 Å². The first-order chi connectivity index (χ1) is 10.6. The smallest absolute Gasteiger partial charge is 0.344 e. The Kier molecular flexibility index (Phi) is 5.35. The van der Waals surface area contributed by atoms with Crippen LogP contribution in [0.1, 0.15) is 13.8 Å². The molecule has 2 aromatic rings. The molecule has 1 N–H and O–H groups in total. The topological polar surface area (TPSA) is 37.3 Å². The van der Waals surface area contributed by atoms with Crippen molar-refractivity contribution in [3.05, 3.63) is 53.6 Å². The number of hydrogen-bond acceptors (Lipinski definition) is 2. The van der Waals surface area contributed by atoms with Crippen molar-refractivity contribution in [1.29, 1.82) is 0 Å². The largest absolute Gasteiger partial charge is 0.382 e. The highest BCUT2D eigenvalue weighted by atomic mass is 35.5. The van der Waals surface area contributed by atoms with E-state index in [4.69, 9.17) is 11.6 Å². The molecule has 0 atom stereocenters. The van der Waals surface area contributed by atoms with Gasteiger partial charge in [-0.1, -0.05) is 29.8 Å². The fourth-order valence-corrected chi connectivity index (χ4v) is 3.09. The minimum absolute atomic E-state index is 0.152. The van der Waals surface area contributed by atoms with Gasteiger partial charge >= 0.3 is 5.91 Å². The van der Waals surface area contributed by atoms with Gasteiger partial charge in [-0.25, -0.2) is 9.28 Å². The average molecular weight is 319 g/mol. The van der Waals surface area contributed by atoms with Crippen LogP contribution < -0.4 is 4.48 Å². The molecule has 2 rings (SSSR count). The Bertz CT molecular complexity index is 648. The summed E-state index contributed by atoms with van der Waals surface area (Å²) >= 11 is 6.22. The first kappa shape index (κ1) is 16.7. The molecule has 0 saturated carbocycles. The zero-order valence-corrected chi connectivity index (χ0v) is 13.7. The zero-order valence-electron chi connectivity index (χ0n) is 12.9. The molecular weight excluding hydrogens is 298 g/mol. The van der Waals surface area contributed by atoms with Gasteiger partial charge in [-0.3, -0.25) is 0 Å². The van der Waals surface area contributed by atoms with Crippen LogP contribution in [0.25, 0.3) is 11.1 Å². The number of aliphatic hydroxyl groups excluding tert-OH is 1. The average Bonchev–Trinajstić information content (AvgIpc) is 2.57. The minimum atomic E-state index is -0.450. The molecule has 0 spiro atoms. The number of carbonyl (C=O) groups is 1. The number of carbonyl (C=O) groups excluding carboxylic acids is 1. The molecule has 1 amide bonds. The third kappa shape index (κ3) is 2.93. The third-order valence-electron chi connectivity index (χ3n) is 4.24. The molecule has 2 aromatic carbocycles. The van der Waals surface area contributed by atoms with E-state index in [-0.39, 0.29) is 10.4 Å². The number of nitrogens with zero attached hydrogens (tertiary/aromatic N) is 1. The second kappa shape index (κ2) is 7.05. The highest BCUT2D eigenvalue weighted by Crippen LogP contribution is 2.31. The van der Waals surface area contributed by atoms with E-state index in [1.807, 2.05) is 62.4 Å². The number of rotatable bonds is 5. The van der Waals surface area contributed by atoms with Crippen LogP contribution in [0.5, 0.6) is 0 Å². The first-order valence-electron chi connectivity index (χ1n) is 7.46. The Morgan fingerprint density at radius 2 is 1.64 bits per heavy atom. The molecule has 0 unspecified atom stereocenters. The third-order valence-corrected chi connectivity index (χ3v) is 4.57. The van der Waals surface area contributed by atoms with Crippen LogP contribution in [0.2, 0.25) is 5.02 Å². The quantitative estimate of drug-likeness (QED) is 0.850. The molecule has 0 heterocycles. The maximum absolute atomic E-state index is 12.2. The lowest BCUT2D eigenvalue weighted by Crippen LogP contribution is -2.55. The SMILES string of the molecule is CC[N+](CC)(C(=O)CO)c1ccc(-c2ccccc2Cl)cc1. The molecule has 0 aromatic heterocycles. The number of benzene rings is 2. The van der Waals surface area contributed by atoms with E-state index >= 15 is 0 Å². The molecule has 4 heteroatoms. The number of amides is 1. The van der Waals surface area contributed by atoms with Crippen molar-refractivity contribution in [3.63, 3.8) is 0 Å². The predicted molar refractivity (Wildman–Crippen MR) is 91.9 cm³/mol. The van der Waals surface area contributed by atoms with Gasteiger partial charge in [0.2, 0.25) is 0 Å². The van der Waals surface area contributed by atoms with Gasteiger partial charge in [0, 0.05) is 22.7 Å². The molecule has 3 nitrogen and oxygen atoms in total. The number of likely N-dealkylation sites (N-methyl/N-ethyl adjacent to an activating group) is 1. The number of quaternary nitrogens is 1. The lowest BCUT2D eigenvalue weighted by molar-refractivity contribution is -0.133. The van der Waals surface area contributed by atoms with Crippen LogP contribution in [0.3, 0.4) is 0 Å². The Hall–Kier alpha value is -1.68. The maximum atomic E-state index is 12.2. The summed E-state index contributed by atoms with van der Waals surface area (Å²) in [6.07, 6.45) is 0. The van der Waals surface area contributed by atoms with Crippen LogP contribution >= 0.6 is 11.6 Å². The van der Waals surface area contributed by atoms with Crippen LogP contribution in [0.4, 0.5) is 5.69 Å². The molecule has 0 aliphatic heterocycles. The number of hydrogen-bond donors (Lipinski definition) is 1. The molecule has 0 saturated heterocycles. The monoisotopic (exact) mass is 318 g/mol. The van der Waals surface area contributed by atoms with Crippen LogP contribution in [-0.4, -0.2) is 30.7 Å². The summed E-state index contributed by atoms with van der Waals surface area (Å²) in [7, 11) is 0. The molecule has 116 valence electrons. The second-order valence-corrected chi connectivity index (χ2v) is 5.59. The van der Waals surface area contributed by atoms with Gasteiger partial charge in [-0.2, -0.15) is 0 Å². The summed E-state index contributed by atoms with van der Waals surface area (Å²) in [5.74, 6) is -0.185. The number of aliphatic hydroxyl groups is 1. The van der Waals surface area contributed by atoms with Crippen molar-refractivity contribution in [2.75, 3.05) is 19.7 Å². The summed E-state index contributed by atoms with van der Waals surface area (Å²) in [6, 6.07) is 15.5. The van der Waals surface area contributed by atoms with Gasteiger partial charge in [0.25, 0.3) is 0 Å². The molecular formula is C18H21ClNO2+.